The molecule has 2 aromatic rings. The van der Waals surface area contributed by atoms with E-state index in [1.165, 1.54) is 16.5 Å². The zero-order valence-corrected chi connectivity index (χ0v) is 10.2. The van der Waals surface area contributed by atoms with Gasteiger partial charge in [0.2, 0.25) is 0 Å². The molecule has 0 saturated carbocycles. The molecule has 0 bridgehead atoms. The number of hydrogen-bond donors (Lipinski definition) is 0. The van der Waals surface area contributed by atoms with Crippen molar-refractivity contribution in [1.82, 2.24) is 4.57 Å². The van der Waals surface area contributed by atoms with Crippen LogP contribution in [-0.4, -0.2) is 17.3 Å². The molecule has 3 heteroatoms. The minimum atomic E-state index is -0.335. The number of hydrogen-bond acceptors (Lipinski definition) is 2. The molecule has 0 fully saturated rings. The number of nitriles is 1. The van der Waals surface area contributed by atoms with Gasteiger partial charge in [-0.25, -0.2) is 0 Å². The van der Waals surface area contributed by atoms with Crippen LogP contribution in [0.15, 0.2) is 30.5 Å². The van der Waals surface area contributed by atoms with Gasteiger partial charge in [-0.05, 0) is 36.9 Å². The highest BCUT2D eigenvalue weighted by molar-refractivity contribution is 5.80. The standard InChI is InChI=1S/C14H16N2O/c1-11-3-4-13-5-6-16(14(13)9-11)7-8-17-12(2)10-15/h3-6,9,12H,7-8H2,1-2H3. The summed E-state index contributed by atoms with van der Waals surface area (Å²) in [5, 5.41) is 9.86. The van der Waals surface area contributed by atoms with E-state index >= 15 is 0 Å². The summed E-state index contributed by atoms with van der Waals surface area (Å²) < 4.78 is 7.52. The van der Waals surface area contributed by atoms with Gasteiger partial charge < -0.3 is 9.30 Å². The van der Waals surface area contributed by atoms with Gasteiger partial charge in [0, 0.05) is 18.3 Å². The van der Waals surface area contributed by atoms with Crippen molar-refractivity contribution in [3.05, 3.63) is 36.0 Å². The van der Waals surface area contributed by atoms with Crippen molar-refractivity contribution < 1.29 is 4.74 Å². The average molecular weight is 228 g/mol. The molecule has 17 heavy (non-hydrogen) atoms. The molecule has 0 amide bonds. The molecule has 88 valence electrons. The second-order valence-electron chi connectivity index (χ2n) is 4.21. The topological polar surface area (TPSA) is 38.0 Å². The van der Waals surface area contributed by atoms with Gasteiger partial charge in [-0.3, -0.25) is 0 Å². The number of ether oxygens (including phenoxy) is 1. The van der Waals surface area contributed by atoms with Crippen LogP contribution in [0.3, 0.4) is 0 Å². The van der Waals surface area contributed by atoms with Gasteiger partial charge >= 0.3 is 0 Å². The van der Waals surface area contributed by atoms with Crippen molar-refractivity contribution in [2.75, 3.05) is 6.61 Å². The maximum Gasteiger partial charge on any atom is 0.141 e. The van der Waals surface area contributed by atoms with Gasteiger partial charge in [-0.15, -0.1) is 0 Å². The molecule has 1 heterocycles. The van der Waals surface area contributed by atoms with Crippen LogP contribution in [0.2, 0.25) is 0 Å². The summed E-state index contributed by atoms with van der Waals surface area (Å²) in [5.74, 6) is 0. The molecule has 1 aromatic heterocycles. The number of aromatic nitrogens is 1. The van der Waals surface area contributed by atoms with E-state index in [1.54, 1.807) is 6.92 Å². The van der Waals surface area contributed by atoms with E-state index in [2.05, 4.69) is 48.0 Å². The number of nitrogens with zero attached hydrogens (tertiary/aromatic N) is 2. The zero-order chi connectivity index (χ0) is 12.3. The van der Waals surface area contributed by atoms with Crippen molar-refractivity contribution in [3.8, 4) is 6.07 Å². The van der Waals surface area contributed by atoms with E-state index in [0.29, 0.717) is 6.61 Å². The lowest BCUT2D eigenvalue weighted by Gasteiger charge is -2.08. The molecular formula is C14H16N2O. The Morgan fingerprint density at radius 1 is 1.41 bits per heavy atom. The van der Waals surface area contributed by atoms with E-state index in [-0.39, 0.29) is 6.10 Å². The van der Waals surface area contributed by atoms with Crippen molar-refractivity contribution in [3.63, 3.8) is 0 Å². The van der Waals surface area contributed by atoms with E-state index in [1.807, 2.05) is 0 Å². The largest absolute Gasteiger partial charge is 0.362 e. The van der Waals surface area contributed by atoms with Gasteiger partial charge in [0.05, 0.1) is 12.7 Å². The van der Waals surface area contributed by atoms with Gasteiger partial charge in [0.15, 0.2) is 0 Å². The Bertz CT molecular complexity index is 551. The predicted octanol–water partition coefficient (Wildman–Crippen LogP) is 2.88. The first-order valence-electron chi connectivity index (χ1n) is 5.77. The Balaban J connectivity index is 2.09. The van der Waals surface area contributed by atoms with Crippen LogP contribution in [0.4, 0.5) is 0 Å². The SMILES string of the molecule is Cc1ccc2ccn(CCOC(C)C#N)c2c1. The fraction of sp³-hybridized carbons (Fsp3) is 0.357. The monoisotopic (exact) mass is 228 g/mol. The first kappa shape index (κ1) is 11.7. The fourth-order valence-corrected chi connectivity index (χ4v) is 1.85. The number of benzene rings is 1. The van der Waals surface area contributed by atoms with Crippen LogP contribution in [0.5, 0.6) is 0 Å². The molecule has 0 radical (unpaired) electrons. The maximum absolute atomic E-state index is 8.62. The Labute approximate surface area is 101 Å². The quantitative estimate of drug-likeness (QED) is 0.807. The van der Waals surface area contributed by atoms with Gasteiger partial charge in [-0.1, -0.05) is 12.1 Å². The summed E-state index contributed by atoms with van der Waals surface area (Å²) in [6.45, 7) is 5.19. The maximum atomic E-state index is 8.62. The molecule has 0 spiro atoms. The van der Waals surface area contributed by atoms with E-state index < -0.39 is 0 Å². The van der Waals surface area contributed by atoms with Crippen LogP contribution in [0.1, 0.15) is 12.5 Å². The van der Waals surface area contributed by atoms with Crippen molar-refractivity contribution >= 4 is 10.9 Å². The molecule has 1 aromatic carbocycles. The summed E-state index contributed by atoms with van der Waals surface area (Å²) in [4.78, 5) is 0. The van der Waals surface area contributed by atoms with Crippen LogP contribution >= 0.6 is 0 Å². The molecule has 3 nitrogen and oxygen atoms in total. The van der Waals surface area contributed by atoms with Crippen molar-refractivity contribution in [2.24, 2.45) is 0 Å². The highest BCUT2D eigenvalue weighted by Gasteiger charge is 2.02. The van der Waals surface area contributed by atoms with Crippen LogP contribution in [-0.2, 0) is 11.3 Å². The fourth-order valence-electron chi connectivity index (χ4n) is 1.85. The van der Waals surface area contributed by atoms with Crippen molar-refractivity contribution in [1.29, 1.82) is 5.26 Å². The summed E-state index contributed by atoms with van der Waals surface area (Å²) in [5.41, 5.74) is 2.47. The zero-order valence-electron chi connectivity index (χ0n) is 10.2. The Kier molecular flexibility index (Phi) is 3.46. The normalized spacial score (nSPS) is 12.5. The van der Waals surface area contributed by atoms with Gasteiger partial charge in [0.25, 0.3) is 0 Å². The summed E-state index contributed by atoms with van der Waals surface area (Å²) >= 11 is 0. The summed E-state index contributed by atoms with van der Waals surface area (Å²) in [6, 6.07) is 10.6. The number of aryl methyl sites for hydroxylation is 1. The van der Waals surface area contributed by atoms with Crippen LogP contribution in [0, 0.1) is 18.3 Å². The second-order valence-corrected chi connectivity index (χ2v) is 4.21. The third kappa shape index (κ3) is 2.66. The van der Waals surface area contributed by atoms with Crippen LogP contribution < -0.4 is 0 Å². The average Bonchev–Trinajstić information content (AvgIpc) is 2.72. The molecule has 0 aliphatic carbocycles. The third-order valence-corrected chi connectivity index (χ3v) is 2.81. The second kappa shape index (κ2) is 5.03. The molecular weight excluding hydrogens is 212 g/mol. The first-order chi connectivity index (χ1) is 8.20. The molecule has 2 rings (SSSR count). The third-order valence-electron chi connectivity index (χ3n) is 2.81. The van der Waals surface area contributed by atoms with Crippen LogP contribution in [0.25, 0.3) is 10.9 Å². The molecule has 0 aliphatic rings. The smallest absolute Gasteiger partial charge is 0.141 e. The lowest BCUT2D eigenvalue weighted by molar-refractivity contribution is 0.0959. The molecule has 0 saturated heterocycles. The minimum Gasteiger partial charge on any atom is -0.362 e. The number of rotatable bonds is 4. The van der Waals surface area contributed by atoms with E-state index in [0.717, 1.165) is 6.54 Å². The van der Waals surface area contributed by atoms with Crippen molar-refractivity contribution in [2.45, 2.75) is 26.5 Å². The first-order valence-corrected chi connectivity index (χ1v) is 5.77. The predicted molar refractivity (Wildman–Crippen MR) is 67.7 cm³/mol. The minimum absolute atomic E-state index is 0.335. The highest BCUT2D eigenvalue weighted by atomic mass is 16.5. The lowest BCUT2D eigenvalue weighted by Crippen LogP contribution is -2.11. The number of fused-ring (bicyclic) bond motifs is 1. The Hall–Kier alpha value is -1.79. The molecule has 1 atom stereocenters. The van der Waals surface area contributed by atoms with Gasteiger partial charge in [0.1, 0.15) is 6.10 Å². The Morgan fingerprint density at radius 3 is 3.00 bits per heavy atom. The van der Waals surface area contributed by atoms with Gasteiger partial charge in [-0.2, -0.15) is 5.26 Å². The molecule has 1 unspecified atom stereocenters. The summed E-state index contributed by atoms with van der Waals surface area (Å²) in [6.07, 6.45) is 1.73. The van der Waals surface area contributed by atoms with E-state index in [9.17, 15) is 0 Å². The lowest BCUT2D eigenvalue weighted by atomic mass is 10.2. The van der Waals surface area contributed by atoms with E-state index in [4.69, 9.17) is 10.00 Å². The highest BCUT2D eigenvalue weighted by Crippen LogP contribution is 2.17. The molecule has 0 N–H and O–H groups in total. The molecule has 0 aliphatic heterocycles. The summed E-state index contributed by atoms with van der Waals surface area (Å²) in [7, 11) is 0. The Morgan fingerprint density at radius 2 is 2.24 bits per heavy atom.